The third-order valence-corrected chi connectivity index (χ3v) is 5.02. The van der Waals surface area contributed by atoms with Crippen molar-refractivity contribution in [2.45, 2.75) is 25.1 Å². The van der Waals surface area contributed by atoms with Crippen LogP contribution >= 0.6 is 0 Å². The molecule has 0 bridgehead atoms. The molecule has 140 valence electrons. The van der Waals surface area contributed by atoms with Crippen molar-refractivity contribution in [3.8, 4) is 5.75 Å². The van der Waals surface area contributed by atoms with Crippen LogP contribution in [0.5, 0.6) is 5.75 Å². The third kappa shape index (κ3) is 2.78. The molecule has 2 aliphatic rings. The molecule has 3 heterocycles. The van der Waals surface area contributed by atoms with E-state index >= 15 is 0 Å². The van der Waals surface area contributed by atoms with E-state index in [1.807, 2.05) is 30.3 Å². The monoisotopic (exact) mass is 370 g/mol. The Balaban J connectivity index is 1.91. The Hall–Kier alpha value is -3.13. The standard InChI is InChI=1S/C19H18N2O6/c22-15-12(19(25)26)10-21-13(9-11-5-2-1-3-6-11)18-20(7-4-8-27-18)17(24)14(21)16(15)23/h1-3,5-6,10,13,18,23H,4,7-9H2,(H,25,26)/t13-,18+/m0/s1. The highest BCUT2D eigenvalue weighted by molar-refractivity contribution is 5.97. The minimum atomic E-state index is -1.46. The van der Waals surface area contributed by atoms with Crippen LogP contribution in [0.15, 0.2) is 41.3 Å². The van der Waals surface area contributed by atoms with Gasteiger partial charge in [0.2, 0.25) is 5.43 Å². The van der Waals surface area contributed by atoms with E-state index < -0.39 is 40.9 Å². The van der Waals surface area contributed by atoms with Crippen molar-refractivity contribution in [1.82, 2.24) is 9.47 Å². The van der Waals surface area contributed by atoms with E-state index in [9.17, 15) is 24.6 Å². The maximum Gasteiger partial charge on any atom is 0.341 e. The van der Waals surface area contributed by atoms with Crippen molar-refractivity contribution in [1.29, 1.82) is 0 Å². The summed E-state index contributed by atoms with van der Waals surface area (Å²) in [5.41, 5.74) is -0.858. The Kier molecular flexibility index (Phi) is 4.19. The fraction of sp³-hybridized carbons (Fsp3) is 0.316. The summed E-state index contributed by atoms with van der Waals surface area (Å²) in [5, 5.41) is 19.6. The molecule has 0 saturated carbocycles. The van der Waals surface area contributed by atoms with E-state index in [4.69, 9.17) is 4.74 Å². The van der Waals surface area contributed by atoms with E-state index in [0.29, 0.717) is 26.0 Å². The number of pyridine rings is 1. The number of benzene rings is 1. The minimum absolute atomic E-state index is 0.187. The molecule has 2 N–H and O–H groups in total. The molecular formula is C19H18N2O6. The first-order chi connectivity index (χ1) is 13.0. The second-order valence-electron chi connectivity index (χ2n) is 6.65. The molecule has 8 nitrogen and oxygen atoms in total. The molecule has 4 rings (SSSR count). The maximum absolute atomic E-state index is 12.9. The zero-order valence-electron chi connectivity index (χ0n) is 14.4. The third-order valence-electron chi connectivity index (χ3n) is 5.02. The Labute approximate surface area is 154 Å². The highest BCUT2D eigenvalue weighted by atomic mass is 16.5. The number of hydrogen-bond acceptors (Lipinski definition) is 5. The van der Waals surface area contributed by atoms with Crippen LogP contribution in [0.3, 0.4) is 0 Å². The number of amides is 1. The van der Waals surface area contributed by atoms with Gasteiger partial charge in [-0.2, -0.15) is 0 Å². The van der Waals surface area contributed by atoms with E-state index in [-0.39, 0.29) is 5.69 Å². The molecule has 0 spiro atoms. The summed E-state index contributed by atoms with van der Waals surface area (Å²) >= 11 is 0. The number of nitrogens with zero attached hydrogens (tertiary/aromatic N) is 2. The topological polar surface area (TPSA) is 109 Å². The maximum atomic E-state index is 12.9. The molecule has 2 aliphatic heterocycles. The number of ether oxygens (including phenoxy) is 1. The molecule has 1 aromatic heterocycles. The lowest BCUT2D eigenvalue weighted by Crippen LogP contribution is -2.56. The number of carbonyl (C=O) groups excluding carboxylic acids is 1. The van der Waals surface area contributed by atoms with Crippen LogP contribution in [0.4, 0.5) is 0 Å². The number of aromatic hydroxyl groups is 1. The minimum Gasteiger partial charge on any atom is -0.503 e. The number of aromatic carboxylic acids is 1. The smallest absolute Gasteiger partial charge is 0.341 e. The zero-order valence-corrected chi connectivity index (χ0v) is 14.4. The number of aromatic nitrogens is 1. The van der Waals surface area contributed by atoms with Gasteiger partial charge in [-0.25, -0.2) is 4.79 Å². The molecule has 1 fully saturated rings. The molecule has 1 saturated heterocycles. The summed E-state index contributed by atoms with van der Waals surface area (Å²) in [6.07, 6.45) is 1.64. The predicted molar refractivity (Wildman–Crippen MR) is 93.9 cm³/mol. The van der Waals surface area contributed by atoms with Crippen LogP contribution < -0.4 is 5.43 Å². The van der Waals surface area contributed by atoms with Crippen molar-refractivity contribution in [3.05, 3.63) is 63.6 Å². The normalized spacial score (nSPS) is 21.5. The number of carbonyl (C=O) groups is 2. The fourth-order valence-electron chi connectivity index (χ4n) is 3.77. The van der Waals surface area contributed by atoms with Crippen LogP contribution in [0.1, 0.15) is 38.9 Å². The van der Waals surface area contributed by atoms with Gasteiger partial charge in [-0.05, 0) is 18.4 Å². The first kappa shape index (κ1) is 17.3. The van der Waals surface area contributed by atoms with Crippen LogP contribution in [0.25, 0.3) is 0 Å². The molecule has 1 amide bonds. The van der Waals surface area contributed by atoms with E-state index in [1.54, 1.807) is 0 Å². The largest absolute Gasteiger partial charge is 0.503 e. The summed E-state index contributed by atoms with van der Waals surface area (Å²) in [6.45, 7) is 0.927. The number of carboxylic acid groups (broad SMARTS) is 1. The van der Waals surface area contributed by atoms with Crippen molar-refractivity contribution in [3.63, 3.8) is 0 Å². The first-order valence-electron chi connectivity index (χ1n) is 8.67. The number of fused-ring (bicyclic) bond motifs is 2. The van der Waals surface area contributed by atoms with Crippen molar-refractivity contribution in [2.24, 2.45) is 0 Å². The lowest BCUT2D eigenvalue weighted by atomic mass is 9.98. The summed E-state index contributed by atoms with van der Waals surface area (Å²) < 4.78 is 7.23. The fourth-order valence-corrected chi connectivity index (χ4v) is 3.77. The molecule has 2 aromatic rings. The highest BCUT2D eigenvalue weighted by Gasteiger charge is 2.44. The molecule has 0 radical (unpaired) electrons. The van der Waals surface area contributed by atoms with Crippen LogP contribution in [0.2, 0.25) is 0 Å². The molecule has 1 aromatic carbocycles. The predicted octanol–water partition coefficient (Wildman–Crippen LogP) is 1.24. The summed E-state index contributed by atoms with van der Waals surface area (Å²) in [7, 11) is 0. The number of hydrogen-bond donors (Lipinski definition) is 2. The van der Waals surface area contributed by atoms with Gasteiger partial charge in [0.25, 0.3) is 5.91 Å². The van der Waals surface area contributed by atoms with E-state index in [2.05, 4.69) is 0 Å². The average molecular weight is 370 g/mol. The van der Waals surface area contributed by atoms with Crippen LogP contribution in [-0.4, -0.2) is 50.9 Å². The van der Waals surface area contributed by atoms with Gasteiger partial charge < -0.3 is 24.4 Å². The lowest BCUT2D eigenvalue weighted by molar-refractivity contribution is -0.111. The van der Waals surface area contributed by atoms with E-state index in [0.717, 1.165) is 11.8 Å². The average Bonchev–Trinajstić information content (AvgIpc) is 2.68. The Morgan fingerprint density at radius 2 is 1.96 bits per heavy atom. The van der Waals surface area contributed by atoms with Gasteiger partial charge in [-0.3, -0.25) is 9.59 Å². The molecular weight excluding hydrogens is 352 g/mol. The highest BCUT2D eigenvalue weighted by Crippen LogP contribution is 2.35. The van der Waals surface area contributed by atoms with Gasteiger partial charge in [-0.1, -0.05) is 30.3 Å². The molecule has 2 atom stereocenters. The van der Waals surface area contributed by atoms with Gasteiger partial charge >= 0.3 is 5.97 Å². The summed E-state index contributed by atoms with van der Waals surface area (Å²) in [6, 6.07) is 9.03. The van der Waals surface area contributed by atoms with Gasteiger partial charge in [-0.15, -0.1) is 0 Å². The first-order valence-corrected chi connectivity index (χ1v) is 8.67. The SMILES string of the molecule is O=C(O)c1cn2c(c(O)c1=O)C(=O)N1CCCO[C@@H]1[C@@H]2Cc1ccccc1. The van der Waals surface area contributed by atoms with Gasteiger partial charge in [0, 0.05) is 12.7 Å². The summed E-state index contributed by atoms with van der Waals surface area (Å²) in [4.78, 5) is 38.0. The van der Waals surface area contributed by atoms with Crippen LogP contribution in [-0.2, 0) is 11.2 Å². The van der Waals surface area contributed by atoms with Crippen molar-refractivity contribution >= 4 is 11.9 Å². The zero-order chi connectivity index (χ0) is 19.1. The van der Waals surface area contributed by atoms with Crippen LogP contribution in [0, 0.1) is 0 Å². The second kappa shape index (κ2) is 6.55. The Morgan fingerprint density at radius 1 is 1.22 bits per heavy atom. The molecule has 0 unspecified atom stereocenters. The second-order valence-corrected chi connectivity index (χ2v) is 6.65. The quantitative estimate of drug-likeness (QED) is 0.841. The van der Waals surface area contributed by atoms with Crippen molar-refractivity contribution in [2.75, 3.05) is 13.2 Å². The van der Waals surface area contributed by atoms with Gasteiger partial charge in [0.05, 0.1) is 12.6 Å². The molecule has 27 heavy (non-hydrogen) atoms. The number of carboxylic acids is 1. The van der Waals surface area contributed by atoms with Crippen molar-refractivity contribution < 1.29 is 24.5 Å². The van der Waals surface area contributed by atoms with E-state index in [1.165, 1.54) is 9.47 Å². The summed E-state index contributed by atoms with van der Waals surface area (Å²) in [5.74, 6) is -2.82. The molecule has 0 aliphatic carbocycles. The number of rotatable bonds is 3. The Morgan fingerprint density at radius 3 is 2.67 bits per heavy atom. The van der Waals surface area contributed by atoms with Gasteiger partial charge in [0.1, 0.15) is 5.56 Å². The Bertz CT molecular complexity index is 968. The van der Waals surface area contributed by atoms with Gasteiger partial charge in [0.15, 0.2) is 17.7 Å². The lowest BCUT2D eigenvalue weighted by Gasteiger charge is -2.45. The molecule has 8 heteroatoms.